The molecule has 1 amide bonds. The van der Waals surface area contributed by atoms with E-state index in [9.17, 15) is 4.79 Å². The zero-order valence-electron chi connectivity index (χ0n) is 13.3. The molecule has 4 heterocycles. The van der Waals surface area contributed by atoms with Crippen LogP contribution in [0, 0.1) is 5.41 Å². The van der Waals surface area contributed by atoms with E-state index in [1.807, 2.05) is 4.90 Å². The van der Waals surface area contributed by atoms with Crippen LogP contribution < -0.4 is 9.80 Å². The highest BCUT2D eigenvalue weighted by molar-refractivity contribution is 5.88. The summed E-state index contributed by atoms with van der Waals surface area (Å²) in [5.41, 5.74) is 0.273. The lowest BCUT2D eigenvalue weighted by atomic mass is 9.73. The molecule has 0 bridgehead atoms. The Bertz CT molecular complexity index is 613. The molecule has 1 aromatic heterocycles. The second kappa shape index (κ2) is 5.53. The van der Waals surface area contributed by atoms with Crippen molar-refractivity contribution in [1.29, 1.82) is 0 Å². The van der Waals surface area contributed by atoms with Crippen molar-refractivity contribution in [2.75, 3.05) is 62.3 Å². The van der Waals surface area contributed by atoms with Crippen molar-refractivity contribution < 1.29 is 9.53 Å². The normalized spacial score (nSPS) is 22.5. The molecule has 3 fully saturated rings. The molecule has 0 aromatic carbocycles. The standard InChI is InChI=1S/C17H22N4O2/c1-2-16(22)21-12-17(13-21)10-20(11-17)15-5-3-4-14(18-15)19-6-8-23-9-7-19/h2-5H,1,6-13H2. The number of hydrogen-bond donors (Lipinski definition) is 0. The molecule has 1 spiro atoms. The van der Waals surface area contributed by atoms with E-state index in [0.717, 1.165) is 64.1 Å². The lowest BCUT2D eigenvalue weighted by Gasteiger charge is -2.60. The molecule has 0 unspecified atom stereocenters. The number of ether oxygens (including phenoxy) is 1. The third-order valence-corrected chi connectivity index (χ3v) is 4.97. The fourth-order valence-electron chi connectivity index (χ4n) is 3.73. The zero-order chi connectivity index (χ0) is 15.9. The van der Waals surface area contributed by atoms with Crippen LogP contribution in [0.25, 0.3) is 0 Å². The molecule has 3 aliphatic rings. The van der Waals surface area contributed by atoms with Gasteiger partial charge in [-0.3, -0.25) is 4.79 Å². The van der Waals surface area contributed by atoms with Crippen LogP contribution in [0.4, 0.5) is 11.6 Å². The van der Waals surface area contributed by atoms with Crippen LogP contribution in [-0.4, -0.2) is 68.3 Å². The number of carbonyl (C=O) groups is 1. The minimum Gasteiger partial charge on any atom is -0.378 e. The number of rotatable bonds is 3. The number of amides is 1. The number of aromatic nitrogens is 1. The number of hydrogen-bond acceptors (Lipinski definition) is 5. The van der Waals surface area contributed by atoms with Crippen molar-refractivity contribution in [3.63, 3.8) is 0 Å². The van der Waals surface area contributed by atoms with Gasteiger partial charge in [-0.05, 0) is 18.2 Å². The molecule has 0 aliphatic carbocycles. The lowest BCUT2D eigenvalue weighted by Crippen LogP contribution is -2.73. The Morgan fingerprint density at radius 3 is 2.43 bits per heavy atom. The monoisotopic (exact) mass is 314 g/mol. The third kappa shape index (κ3) is 2.57. The van der Waals surface area contributed by atoms with E-state index in [1.165, 1.54) is 6.08 Å². The van der Waals surface area contributed by atoms with E-state index in [1.54, 1.807) is 0 Å². The molecule has 0 atom stereocenters. The highest BCUT2D eigenvalue weighted by Gasteiger charge is 2.53. The quantitative estimate of drug-likeness (QED) is 0.771. The Morgan fingerprint density at radius 2 is 1.78 bits per heavy atom. The Hall–Kier alpha value is -2.08. The van der Waals surface area contributed by atoms with E-state index in [0.29, 0.717) is 0 Å². The lowest BCUT2D eigenvalue weighted by molar-refractivity contribution is -0.139. The molecule has 3 saturated heterocycles. The van der Waals surface area contributed by atoms with E-state index < -0.39 is 0 Å². The van der Waals surface area contributed by atoms with Gasteiger partial charge in [-0.25, -0.2) is 4.98 Å². The van der Waals surface area contributed by atoms with Crippen LogP contribution in [0.2, 0.25) is 0 Å². The summed E-state index contributed by atoms with van der Waals surface area (Å²) in [7, 11) is 0. The Labute approximate surface area is 136 Å². The largest absolute Gasteiger partial charge is 0.378 e. The van der Waals surface area contributed by atoms with Gasteiger partial charge in [-0.15, -0.1) is 0 Å². The summed E-state index contributed by atoms with van der Waals surface area (Å²) in [5.74, 6) is 2.11. The summed E-state index contributed by atoms with van der Waals surface area (Å²) in [6, 6.07) is 6.22. The Morgan fingerprint density at radius 1 is 1.13 bits per heavy atom. The summed E-state index contributed by atoms with van der Waals surface area (Å²) in [5, 5.41) is 0. The average molecular weight is 314 g/mol. The number of nitrogens with zero attached hydrogens (tertiary/aromatic N) is 4. The van der Waals surface area contributed by atoms with Gasteiger partial charge in [-0.2, -0.15) is 0 Å². The smallest absolute Gasteiger partial charge is 0.245 e. The number of pyridine rings is 1. The van der Waals surface area contributed by atoms with Gasteiger partial charge < -0.3 is 19.4 Å². The van der Waals surface area contributed by atoms with Gasteiger partial charge in [0.25, 0.3) is 0 Å². The number of carbonyl (C=O) groups excluding carboxylic acids is 1. The van der Waals surface area contributed by atoms with Gasteiger partial charge in [0.15, 0.2) is 0 Å². The first kappa shape index (κ1) is 14.5. The van der Waals surface area contributed by atoms with E-state index in [2.05, 4.69) is 34.6 Å². The van der Waals surface area contributed by atoms with Crippen molar-refractivity contribution >= 4 is 17.5 Å². The van der Waals surface area contributed by atoms with Crippen molar-refractivity contribution in [3.8, 4) is 0 Å². The maximum atomic E-state index is 11.6. The minimum absolute atomic E-state index is 0.0431. The molecule has 0 radical (unpaired) electrons. The summed E-state index contributed by atoms with van der Waals surface area (Å²) in [4.78, 5) is 22.8. The van der Waals surface area contributed by atoms with E-state index in [4.69, 9.17) is 9.72 Å². The first-order valence-corrected chi connectivity index (χ1v) is 8.15. The predicted octanol–water partition coefficient (Wildman–Crippen LogP) is 0.753. The first-order valence-electron chi connectivity index (χ1n) is 8.15. The van der Waals surface area contributed by atoms with Crippen molar-refractivity contribution in [2.24, 2.45) is 5.41 Å². The van der Waals surface area contributed by atoms with Gasteiger partial charge in [0.1, 0.15) is 11.6 Å². The number of likely N-dealkylation sites (tertiary alicyclic amines) is 1. The zero-order valence-corrected chi connectivity index (χ0v) is 13.3. The van der Waals surface area contributed by atoms with Crippen molar-refractivity contribution in [1.82, 2.24) is 9.88 Å². The fraction of sp³-hybridized carbons (Fsp3) is 0.529. The maximum absolute atomic E-state index is 11.6. The third-order valence-electron chi connectivity index (χ3n) is 4.97. The maximum Gasteiger partial charge on any atom is 0.245 e. The molecule has 6 nitrogen and oxygen atoms in total. The molecule has 3 aliphatic heterocycles. The van der Waals surface area contributed by atoms with Crippen LogP contribution in [0.1, 0.15) is 0 Å². The summed E-state index contributed by atoms with van der Waals surface area (Å²) >= 11 is 0. The predicted molar refractivity (Wildman–Crippen MR) is 88.7 cm³/mol. The number of morpholine rings is 1. The van der Waals surface area contributed by atoms with Crippen molar-refractivity contribution in [3.05, 3.63) is 30.9 Å². The molecular formula is C17H22N4O2. The second-order valence-electron chi connectivity index (χ2n) is 6.71. The van der Waals surface area contributed by atoms with Gasteiger partial charge in [0.2, 0.25) is 5.91 Å². The fourth-order valence-corrected chi connectivity index (χ4v) is 3.73. The molecule has 0 saturated carbocycles. The number of anilines is 2. The van der Waals surface area contributed by atoms with Gasteiger partial charge in [-0.1, -0.05) is 12.6 Å². The summed E-state index contributed by atoms with van der Waals surface area (Å²) < 4.78 is 5.40. The van der Waals surface area contributed by atoms with E-state index >= 15 is 0 Å². The van der Waals surface area contributed by atoms with Crippen LogP contribution in [0.5, 0.6) is 0 Å². The van der Waals surface area contributed by atoms with Crippen LogP contribution in [0.15, 0.2) is 30.9 Å². The van der Waals surface area contributed by atoms with Gasteiger partial charge in [0, 0.05) is 44.7 Å². The Balaban J connectivity index is 1.37. The van der Waals surface area contributed by atoms with Gasteiger partial charge in [0.05, 0.1) is 13.2 Å². The van der Waals surface area contributed by atoms with E-state index in [-0.39, 0.29) is 11.3 Å². The molecule has 4 rings (SSSR count). The van der Waals surface area contributed by atoms with Crippen molar-refractivity contribution in [2.45, 2.75) is 0 Å². The second-order valence-corrected chi connectivity index (χ2v) is 6.71. The van der Waals surface area contributed by atoms with Crippen LogP contribution >= 0.6 is 0 Å². The SMILES string of the molecule is C=CC(=O)N1CC2(C1)CN(c1cccc(N3CCOCC3)n1)C2. The topological polar surface area (TPSA) is 48.9 Å². The highest BCUT2D eigenvalue weighted by Crippen LogP contribution is 2.41. The van der Waals surface area contributed by atoms with Gasteiger partial charge >= 0.3 is 0 Å². The molecule has 122 valence electrons. The molecule has 1 aromatic rings. The average Bonchev–Trinajstić information content (AvgIpc) is 2.53. The van der Waals surface area contributed by atoms with Crippen LogP contribution in [-0.2, 0) is 9.53 Å². The van der Waals surface area contributed by atoms with Crippen LogP contribution in [0.3, 0.4) is 0 Å². The minimum atomic E-state index is 0.0431. The highest BCUT2D eigenvalue weighted by atomic mass is 16.5. The summed E-state index contributed by atoms with van der Waals surface area (Å²) in [6.45, 7) is 10.5. The molecule has 6 heteroatoms. The molecule has 23 heavy (non-hydrogen) atoms. The first-order chi connectivity index (χ1) is 11.2. The molecule has 0 N–H and O–H groups in total. The Kier molecular flexibility index (Phi) is 3.49. The summed E-state index contributed by atoms with van der Waals surface area (Å²) in [6.07, 6.45) is 1.40. The molecular weight excluding hydrogens is 292 g/mol.